The first-order valence-electron chi connectivity index (χ1n) is 22.7. The summed E-state index contributed by atoms with van der Waals surface area (Å²) in [6, 6.07) is -0.628. The minimum Gasteiger partial charge on any atom is -0.477 e. The van der Waals surface area contributed by atoms with Crippen LogP contribution >= 0.6 is 0 Å². The number of quaternary nitrogens is 1. The highest BCUT2D eigenvalue weighted by Gasteiger charge is 2.31. The number of unbranched alkanes of at least 4 members (excludes halogenated alkanes) is 16. The summed E-state index contributed by atoms with van der Waals surface area (Å²) in [5.74, 6) is -1.54. The number of rotatable bonds is 39. The summed E-state index contributed by atoms with van der Waals surface area (Å²) in [5, 5.41) is 9.62. The van der Waals surface area contributed by atoms with Gasteiger partial charge in [0.15, 0.2) is 12.1 Å². The maximum Gasteiger partial charge on any atom is 0.362 e. The Hall–Kier alpha value is -3.49. The number of carbonyl (C=O) groups excluding carboxylic acids is 2. The Morgan fingerprint density at radius 2 is 0.948 bits per heavy atom. The van der Waals surface area contributed by atoms with Crippen molar-refractivity contribution in [2.24, 2.45) is 0 Å². The average Bonchev–Trinajstić information content (AvgIpc) is 3.18. The number of nitrogens with zero attached hydrogens (tertiary/aromatic N) is 1. The molecule has 8 heteroatoms. The van der Waals surface area contributed by atoms with E-state index in [1.165, 1.54) is 51.4 Å². The van der Waals surface area contributed by atoms with Crippen molar-refractivity contribution >= 4 is 17.9 Å². The molecule has 0 aromatic heterocycles. The maximum atomic E-state index is 12.7. The Kier molecular flexibility index (Phi) is 37.9. The number of likely N-dealkylation sites (N-methyl/N-ethyl adjacent to an activating group) is 1. The molecule has 0 aromatic rings. The lowest BCUT2D eigenvalue weighted by molar-refractivity contribution is -0.887. The van der Waals surface area contributed by atoms with Crippen LogP contribution in [0.25, 0.3) is 0 Å². The molecule has 0 fully saturated rings. The molecule has 0 aliphatic carbocycles. The first-order chi connectivity index (χ1) is 28.1. The fourth-order valence-electron chi connectivity index (χ4n) is 6.11. The summed E-state index contributed by atoms with van der Waals surface area (Å²) in [4.78, 5) is 37.0. The van der Waals surface area contributed by atoms with E-state index in [0.29, 0.717) is 12.8 Å². The van der Waals surface area contributed by atoms with Gasteiger partial charge in [0, 0.05) is 19.3 Å². The second kappa shape index (κ2) is 40.3. The molecule has 0 aromatic carbocycles. The van der Waals surface area contributed by atoms with Crippen molar-refractivity contribution in [3.05, 3.63) is 85.1 Å². The van der Waals surface area contributed by atoms with Crippen LogP contribution in [0.1, 0.15) is 162 Å². The molecule has 0 saturated carbocycles. The molecule has 2 atom stereocenters. The number of carboxylic acids is 1. The van der Waals surface area contributed by atoms with Crippen molar-refractivity contribution in [2.45, 2.75) is 174 Å². The number of esters is 2. The molecule has 0 spiro atoms. The van der Waals surface area contributed by atoms with Gasteiger partial charge in [-0.05, 0) is 57.8 Å². The number of allylic oxidation sites excluding steroid dienone is 14. The molecule has 0 saturated heterocycles. The van der Waals surface area contributed by atoms with Crippen LogP contribution in [-0.2, 0) is 28.6 Å². The third-order valence-corrected chi connectivity index (χ3v) is 9.65. The van der Waals surface area contributed by atoms with Crippen molar-refractivity contribution in [3.8, 4) is 0 Å². The number of hydrogen-bond donors (Lipinski definition) is 1. The van der Waals surface area contributed by atoms with E-state index in [1.54, 1.807) is 0 Å². The van der Waals surface area contributed by atoms with Crippen LogP contribution in [0.15, 0.2) is 85.1 Å². The summed E-state index contributed by atoms with van der Waals surface area (Å²) >= 11 is 0. The minimum atomic E-state index is -0.887. The normalized spacial score (nSPS) is 13.7. The topological polar surface area (TPSA) is 99.1 Å². The SMILES string of the molecule is CCC/C=C/C=C/C=C/C=C/C=C/CCCCCCCC(=O)OCC(COCCC(C(=O)O)[N+](C)(C)C)OC(=O)CCCCC/C=C/C=C/CCCCCCCCC. The first-order valence-corrected chi connectivity index (χ1v) is 22.7. The van der Waals surface area contributed by atoms with Crippen LogP contribution in [0.4, 0.5) is 0 Å². The highest BCUT2D eigenvalue weighted by molar-refractivity contribution is 5.72. The van der Waals surface area contributed by atoms with Gasteiger partial charge in [-0.2, -0.15) is 0 Å². The van der Waals surface area contributed by atoms with Crippen LogP contribution < -0.4 is 0 Å². The zero-order valence-corrected chi connectivity index (χ0v) is 37.5. The van der Waals surface area contributed by atoms with Gasteiger partial charge in [-0.25, -0.2) is 4.79 Å². The van der Waals surface area contributed by atoms with E-state index < -0.39 is 18.1 Å². The Morgan fingerprint density at radius 3 is 1.45 bits per heavy atom. The van der Waals surface area contributed by atoms with Crippen molar-refractivity contribution in [2.75, 3.05) is 41.0 Å². The summed E-state index contributed by atoms with van der Waals surface area (Å²) < 4.78 is 17.2. The number of carbonyl (C=O) groups is 3. The molecule has 0 radical (unpaired) electrons. The predicted octanol–water partition coefficient (Wildman–Crippen LogP) is 12.5. The lowest BCUT2D eigenvalue weighted by Crippen LogP contribution is -2.50. The lowest BCUT2D eigenvalue weighted by Gasteiger charge is -2.31. The van der Waals surface area contributed by atoms with E-state index in [9.17, 15) is 19.5 Å². The zero-order valence-electron chi connectivity index (χ0n) is 37.5. The number of hydrogen-bond acceptors (Lipinski definition) is 6. The third-order valence-electron chi connectivity index (χ3n) is 9.65. The van der Waals surface area contributed by atoms with E-state index >= 15 is 0 Å². The molecular formula is C50H84NO7+. The first kappa shape index (κ1) is 54.5. The summed E-state index contributed by atoms with van der Waals surface area (Å²) in [7, 11) is 5.50. The quantitative estimate of drug-likeness (QED) is 0.0286. The monoisotopic (exact) mass is 811 g/mol. The van der Waals surface area contributed by atoms with Crippen molar-refractivity contribution in [1.82, 2.24) is 0 Å². The largest absolute Gasteiger partial charge is 0.477 e. The minimum absolute atomic E-state index is 0.0368. The van der Waals surface area contributed by atoms with Gasteiger partial charge in [-0.1, -0.05) is 170 Å². The fourth-order valence-corrected chi connectivity index (χ4v) is 6.11. The molecule has 0 heterocycles. The molecule has 0 aliphatic rings. The van der Waals surface area contributed by atoms with Gasteiger partial charge in [0.25, 0.3) is 0 Å². The Bertz CT molecular complexity index is 1220. The van der Waals surface area contributed by atoms with Crippen molar-refractivity contribution in [3.63, 3.8) is 0 Å². The molecule has 58 heavy (non-hydrogen) atoms. The van der Waals surface area contributed by atoms with Crippen molar-refractivity contribution < 1.29 is 38.2 Å². The Balaban J connectivity index is 4.46. The molecule has 0 bridgehead atoms. The van der Waals surface area contributed by atoms with Gasteiger partial charge < -0.3 is 23.8 Å². The number of aliphatic carboxylic acids is 1. The molecule has 2 unspecified atom stereocenters. The van der Waals surface area contributed by atoms with Gasteiger partial charge in [-0.15, -0.1) is 0 Å². The Labute approximate surface area is 354 Å². The molecule has 0 amide bonds. The predicted molar refractivity (Wildman–Crippen MR) is 243 cm³/mol. The van der Waals surface area contributed by atoms with Crippen LogP contribution in [0.5, 0.6) is 0 Å². The summed E-state index contributed by atoms with van der Waals surface area (Å²) in [5.41, 5.74) is 0. The van der Waals surface area contributed by atoms with E-state index in [1.807, 2.05) is 57.6 Å². The smallest absolute Gasteiger partial charge is 0.362 e. The lowest BCUT2D eigenvalue weighted by atomic mass is 10.1. The third kappa shape index (κ3) is 38.1. The van der Waals surface area contributed by atoms with Crippen LogP contribution in [-0.4, -0.2) is 80.6 Å². The van der Waals surface area contributed by atoms with Gasteiger partial charge >= 0.3 is 17.9 Å². The summed E-state index contributed by atoms with van der Waals surface area (Å²) in [6.07, 6.45) is 51.9. The molecule has 0 aliphatic heterocycles. The molecule has 1 N–H and O–H groups in total. The Morgan fingerprint density at radius 1 is 0.517 bits per heavy atom. The fraction of sp³-hybridized carbons (Fsp3) is 0.660. The van der Waals surface area contributed by atoms with Gasteiger partial charge in [0.05, 0.1) is 34.4 Å². The second-order valence-electron chi connectivity index (χ2n) is 16.1. The van der Waals surface area contributed by atoms with Crippen LogP contribution in [0.2, 0.25) is 0 Å². The zero-order chi connectivity index (χ0) is 42.8. The van der Waals surface area contributed by atoms with E-state index in [4.69, 9.17) is 14.2 Å². The van der Waals surface area contributed by atoms with Crippen LogP contribution in [0.3, 0.4) is 0 Å². The summed E-state index contributed by atoms with van der Waals surface area (Å²) in [6.45, 7) is 4.57. The average molecular weight is 811 g/mol. The standard InChI is InChI=1S/C50H83NO7/c1-6-8-10-12-14-16-18-20-22-24-25-27-28-30-32-34-36-38-40-48(52)57-45-46(44-56-43-42-47(50(54)55)51(3,4)5)58-49(53)41-39-37-35-33-31-29-26-23-21-19-17-15-13-11-9-7-2/h10,12,14,16,18,20,22-27,29,31,46-47H,6-9,11,13,15,17,19,21,28,30,32-45H2,1-5H3/p+1/b12-10+,16-14+,20-18+,24-22+,26-23+,27-25+,31-29+. The van der Waals surface area contributed by atoms with E-state index in [2.05, 4.69) is 62.5 Å². The van der Waals surface area contributed by atoms with Crippen molar-refractivity contribution in [1.29, 1.82) is 0 Å². The number of carboxylic acid groups (broad SMARTS) is 1. The molecule has 330 valence electrons. The van der Waals surface area contributed by atoms with Crippen LogP contribution in [0, 0.1) is 0 Å². The van der Waals surface area contributed by atoms with Gasteiger partial charge in [0.2, 0.25) is 0 Å². The molecule has 8 nitrogen and oxygen atoms in total. The van der Waals surface area contributed by atoms with Gasteiger partial charge in [-0.3, -0.25) is 9.59 Å². The van der Waals surface area contributed by atoms with Gasteiger partial charge in [0.1, 0.15) is 6.61 Å². The van der Waals surface area contributed by atoms with E-state index in [-0.39, 0.29) is 42.7 Å². The van der Waals surface area contributed by atoms with E-state index in [0.717, 1.165) is 77.0 Å². The highest BCUT2D eigenvalue weighted by Crippen LogP contribution is 2.13. The highest BCUT2D eigenvalue weighted by atomic mass is 16.6. The molecule has 0 rings (SSSR count). The number of ether oxygens (including phenoxy) is 3. The maximum absolute atomic E-state index is 12.7. The second-order valence-corrected chi connectivity index (χ2v) is 16.1. The molecular weight excluding hydrogens is 727 g/mol.